The number of benzene rings is 2. The summed E-state index contributed by atoms with van der Waals surface area (Å²) in [5, 5.41) is 0. The highest BCUT2D eigenvalue weighted by molar-refractivity contribution is 5.90. The summed E-state index contributed by atoms with van der Waals surface area (Å²) >= 11 is 0. The molecule has 1 aromatic heterocycles. The number of rotatable bonds is 12. The van der Waals surface area contributed by atoms with Crippen LogP contribution >= 0.6 is 0 Å². The van der Waals surface area contributed by atoms with E-state index in [1.165, 1.54) is 38.3 Å². The summed E-state index contributed by atoms with van der Waals surface area (Å²) in [5.74, 6) is 0.910. The van der Waals surface area contributed by atoms with E-state index < -0.39 is 5.97 Å². The molecule has 1 heterocycles. The van der Waals surface area contributed by atoms with Gasteiger partial charge in [-0.2, -0.15) is 0 Å². The van der Waals surface area contributed by atoms with E-state index in [1.807, 2.05) is 24.3 Å². The Bertz CT molecular complexity index is 968. The molecule has 0 aliphatic carbocycles. The van der Waals surface area contributed by atoms with Gasteiger partial charge in [0.1, 0.15) is 11.5 Å². The molecular weight excluding hydrogens is 400 g/mol. The number of esters is 1. The topological polar surface area (TPSA) is 60.8 Å². The van der Waals surface area contributed by atoms with Crippen LogP contribution in [0.3, 0.4) is 0 Å². The molecule has 0 atom stereocenters. The number of hydrogen-bond donors (Lipinski definition) is 0. The van der Waals surface area contributed by atoms with E-state index in [0.717, 1.165) is 30.0 Å². The van der Waals surface area contributed by atoms with Crippen LogP contribution in [0.15, 0.2) is 78.0 Å². The van der Waals surface area contributed by atoms with Gasteiger partial charge in [-0.25, -0.2) is 4.79 Å². The molecular formula is C27H30N2O3. The molecule has 3 rings (SSSR count). The molecule has 166 valence electrons. The fourth-order valence-corrected chi connectivity index (χ4v) is 3.12. The van der Waals surface area contributed by atoms with Crippen LogP contribution < -0.4 is 9.47 Å². The van der Waals surface area contributed by atoms with Gasteiger partial charge in [-0.3, -0.25) is 9.98 Å². The molecule has 0 spiro atoms. The van der Waals surface area contributed by atoms with E-state index in [1.54, 1.807) is 48.8 Å². The first-order valence-electron chi connectivity index (χ1n) is 11.2. The summed E-state index contributed by atoms with van der Waals surface area (Å²) in [6.07, 6.45) is 12.4. The highest BCUT2D eigenvalue weighted by atomic mass is 16.5. The van der Waals surface area contributed by atoms with Gasteiger partial charge in [0.2, 0.25) is 0 Å². The predicted octanol–water partition coefficient (Wildman–Crippen LogP) is 6.79. The predicted molar refractivity (Wildman–Crippen MR) is 128 cm³/mol. The molecule has 0 fully saturated rings. The van der Waals surface area contributed by atoms with Crippen molar-refractivity contribution in [2.24, 2.45) is 4.99 Å². The Kier molecular flexibility index (Phi) is 9.46. The van der Waals surface area contributed by atoms with E-state index >= 15 is 0 Å². The second-order valence-corrected chi connectivity index (χ2v) is 7.57. The fourth-order valence-electron chi connectivity index (χ4n) is 3.12. The van der Waals surface area contributed by atoms with Crippen LogP contribution in [0.4, 0.5) is 5.69 Å². The first kappa shape index (κ1) is 23.2. The Morgan fingerprint density at radius 2 is 1.62 bits per heavy atom. The molecule has 0 saturated carbocycles. The third-order valence-electron chi connectivity index (χ3n) is 4.95. The average molecular weight is 431 g/mol. The fraction of sp³-hybridized carbons (Fsp3) is 0.296. The van der Waals surface area contributed by atoms with Crippen LogP contribution in [-0.4, -0.2) is 23.8 Å². The summed E-state index contributed by atoms with van der Waals surface area (Å²) in [7, 11) is 0. The first-order chi connectivity index (χ1) is 15.7. The van der Waals surface area contributed by atoms with Gasteiger partial charge >= 0.3 is 5.97 Å². The van der Waals surface area contributed by atoms with Crippen LogP contribution in [-0.2, 0) is 0 Å². The van der Waals surface area contributed by atoms with Crippen molar-refractivity contribution >= 4 is 17.9 Å². The van der Waals surface area contributed by atoms with Gasteiger partial charge in [-0.1, -0.05) is 39.0 Å². The number of unbranched alkanes of at least 4 members (excludes halogenated alkanes) is 5. The lowest BCUT2D eigenvalue weighted by Crippen LogP contribution is -2.08. The van der Waals surface area contributed by atoms with Crippen molar-refractivity contribution in [3.8, 4) is 11.5 Å². The molecule has 5 heteroatoms. The Labute approximate surface area is 190 Å². The number of pyridine rings is 1. The minimum Gasteiger partial charge on any atom is -0.494 e. The van der Waals surface area contributed by atoms with Crippen molar-refractivity contribution < 1.29 is 14.3 Å². The molecule has 0 bridgehead atoms. The molecule has 0 saturated heterocycles. The van der Waals surface area contributed by atoms with Crippen LogP contribution in [0, 0.1) is 0 Å². The lowest BCUT2D eigenvalue weighted by molar-refractivity contribution is 0.0734. The highest BCUT2D eigenvalue weighted by Gasteiger charge is 2.08. The second-order valence-electron chi connectivity index (χ2n) is 7.57. The van der Waals surface area contributed by atoms with Gasteiger partial charge in [0.15, 0.2) is 0 Å². The quantitative estimate of drug-likeness (QED) is 0.137. The van der Waals surface area contributed by atoms with Gasteiger partial charge in [-0.15, -0.1) is 0 Å². The van der Waals surface area contributed by atoms with Gasteiger partial charge in [0.05, 0.1) is 17.9 Å². The Morgan fingerprint density at radius 3 is 2.34 bits per heavy atom. The molecule has 3 aromatic rings. The summed E-state index contributed by atoms with van der Waals surface area (Å²) in [4.78, 5) is 20.5. The van der Waals surface area contributed by atoms with E-state index in [-0.39, 0.29) is 0 Å². The maximum atomic E-state index is 12.1. The Balaban J connectivity index is 1.43. The monoisotopic (exact) mass is 430 g/mol. The lowest BCUT2D eigenvalue weighted by Gasteiger charge is -2.06. The Morgan fingerprint density at radius 1 is 0.906 bits per heavy atom. The number of carbonyl (C=O) groups excluding carboxylic acids is 1. The van der Waals surface area contributed by atoms with Gasteiger partial charge in [0, 0.05) is 18.6 Å². The largest absolute Gasteiger partial charge is 0.494 e. The normalized spacial score (nSPS) is 10.9. The summed E-state index contributed by atoms with van der Waals surface area (Å²) in [6.45, 7) is 3.00. The van der Waals surface area contributed by atoms with Crippen LogP contribution in [0.1, 0.15) is 61.4 Å². The van der Waals surface area contributed by atoms with Crippen molar-refractivity contribution in [1.29, 1.82) is 0 Å². The molecule has 5 nitrogen and oxygen atoms in total. The summed E-state index contributed by atoms with van der Waals surface area (Å²) in [5.41, 5.74) is 2.17. The molecule has 32 heavy (non-hydrogen) atoms. The Hall–Kier alpha value is -3.47. The zero-order valence-electron chi connectivity index (χ0n) is 18.6. The van der Waals surface area contributed by atoms with Gasteiger partial charge in [-0.05, 0) is 72.6 Å². The maximum Gasteiger partial charge on any atom is 0.345 e. The van der Waals surface area contributed by atoms with Gasteiger partial charge < -0.3 is 9.47 Å². The second kappa shape index (κ2) is 13.1. The number of aliphatic imine (C=N–C) groups is 1. The van der Waals surface area contributed by atoms with E-state index in [4.69, 9.17) is 9.47 Å². The molecule has 0 amide bonds. The SMILES string of the molecule is CCCCCCCCOc1ccc(C=Nc2ccc(OC(=O)c3cccnc3)cc2)cc1. The summed E-state index contributed by atoms with van der Waals surface area (Å²) in [6, 6.07) is 18.3. The molecule has 0 N–H and O–H groups in total. The number of aromatic nitrogens is 1. The standard InChI is InChI=1S/C27H30N2O3/c1-2-3-4-5-6-7-19-31-25-14-10-22(11-15-25)20-29-24-12-16-26(17-13-24)32-27(30)23-9-8-18-28-21-23/h8-18,20-21H,2-7,19H2,1H3. The first-order valence-corrected chi connectivity index (χ1v) is 11.2. The summed E-state index contributed by atoms with van der Waals surface area (Å²) < 4.78 is 11.2. The van der Waals surface area contributed by atoms with Crippen molar-refractivity contribution in [2.75, 3.05) is 6.61 Å². The van der Waals surface area contributed by atoms with E-state index in [2.05, 4.69) is 16.9 Å². The minimum atomic E-state index is -0.437. The lowest BCUT2D eigenvalue weighted by atomic mass is 10.1. The van der Waals surface area contributed by atoms with Crippen LogP contribution in [0.5, 0.6) is 11.5 Å². The zero-order valence-corrected chi connectivity index (χ0v) is 18.6. The van der Waals surface area contributed by atoms with Crippen LogP contribution in [0.2, 0.25) is 0 Å². The van der Waals surface area contributed by atoms with E-state index in [0.29, 0.717) is 11.3 Å². The number of carbonyl (C=O) groups is 1. The maximum absolute atomic E-state index is 12.1. The molecule has 2 aromatic carbocycles. The molecule has 0 radical (unpaired) electrons. The zero-order chi connectivity index (χ0) is 22.4. The number of ether oxygens (including phenoxy) is 2. The van der Waals surface area contributed by atoms with Crippen LogP contribution in [0.25, 0.3) is 0 Å². The third kappa shape index (κ3) is 7.99. The minimum absolute atomic E-state index is 0.411. The smallest absolute Gasteiger partial charge is 0.345 e. The third-order valence-corrected chi connectivity index (χ3v) is 4.95. The average Bonchev–Trinajstić information content (AvgIpc) is 2.84. The highest BCUT2D eigenvalue weighted by Crippen LogP contribution is 2.20. The molecule has 0 unspecified atom stereocenters. The van der Waals surface area contributed by atoms with Crippen molar-refractivity contribution in [3.63, 3.8) is 0 Å². The van der Waals surface area contributed by atoms with E-state index in [9.17, 15) is 4.79 Å². The number of hydrogen-bond acceptors (Lipinski definition) is 5. The molecule has 0 aliphatic heterocycles. The van der Waals surface area contributed by atoms with Gasteiger partial charge in [0.25, 0.3) is 0 Å². The van der Waals surface area contributed by atoms with Crippen molar-refractivity contribution in [2.45, 2.75) is 45.4 Å². The van der Waals surface area contributed by atoms with Crippen molar-refractivity contribution in [1.82, 2.24) is 4.98 Å². The molecule has 0 aliphatic rings. The van der Waals surface area contributed by atoms with Crippen molar-refractivity contribution in [3.05, 3.63) is 84.2 Å². The number of nitrogens with zero attached hydrogens (tertiary/aromatic N) is 2.